The van der Waals surface area contributed by atoms with Crippen LogP contribution in [0.2, 0.25) is 0 Å². The second-order valence-corrected chi connectivity index (χ2v) is 6.20. The molecule has 0 aromatic heterocycles. The zero-order valence-electron chi connectivity index (χ0n) is 13.4. The van der Waals surface area contributed by atoms with Crippen molar-refractivity contribution in [3.05, 3.63) is 34.9 Å². The number of halogens is 3. The number of amides is 1. The number of rotatable bonds is 4. The van der Waals surface area contributed by atoms with Crippen LogP contribution in [-0.2, 0) is 12.7 Å². The molecular formula is C16H22F3N3O. The normalized spacial score (nSPS) is 17.7. The van der Waals surface area contributed by atoms with Crippen molar-refractivity contribution in [3.63, 3.8) is 0 Å². The number of likely N-dealkylation sites (tertiary alicyclic amines) is 1. The van der Waals surface area contributed by atoms with Crippen molar-refractivity contribution in [2.75, 3.05) is 27.2 Å². The van der Waals surface area contributed by atoms with Crippen molar-refractivity contribution in [1.82, 2.24) is 9.80 Å². The van der Waals surface area contributed by atoms with Crippen molar-refractivity contribution in [2.45, 2.75) is 31.6 Å². The standard InChI is InChI=1S/C16H22F3N3O/c1-21(2)13-5-7-22(8-6-13)10-12-4-3-11(15(20)23)9-14(12)16(17,18)19/h3-4,9,13H,5-8,10H2,1-2H3,(H2,20,23). The average molecular weight is 329 g/mol. The van der Waals surface area contributed by atoms with Gasteiger partial charge in [0.05, 0.1) is 5.56 Å². The molecule has 0 unspecified atom stereocenters. The highest BCUT2D eigenvalue weighted by Gasteiger charge is 2.34. The quantitative estimate of drug-likeness (QED) is 0.922. The number of primary amides is 1. The third kappa shape index (κ3) is 4.45. The van der Waals surface area contributed by atoms with Gasteiger partial charge < -0.3 is 10.6 Å². The minimum absolute atomic E-state index is 0.118. The largest absolute Gasteiger partial charge is 0.416 e. The lowest BCUT2D eigenvalue weighted by Gasteiger charge is -2.35. The first-order valence-electron chi connectivity index (χ1n) is 7.57. The van der Waals surface area contributed by atoms with E-state index in [0.29, 0.717) is 6.04 Å². The highest BCUT2D eigenvalue weighted by atomic mass is 19.4. The van der Waals surface area contributed by atoms with Gasteiger partial charge in [0.25, 0.3) is 0 Å². The van der Waals surface area contributed by atoms with Gasteiger partial charge in [0, 0.05) is 18.2 Å². The summed E-state index contributed by atoms with van der Waals surface area (Å²) >= 11 is 0. The van der Waals surface area contributed by atoms with Crippen LogP contribution in [0.1, 0.15) is 34.3 Å². The van der Waals surface area contributed by atoms with Gasteiger partial charge in [0.15, 0.2) is 0 Å². The van der Waals surface area contributed by atoms with Crippen LogP contribution in [0, 0.1) is 0 Å². The molecule has 128 valence electrons. The molecule has 0 atom stereocenters. The summed E-state index contributed by atoms with van der Waals surface area (Å²) in [5.74, 6) is -0.853. The lowest BCUT2D eigenvalue weighted by molar-refractivity contribution is -0.138. The number of carbonyl (C=O) groups is 1. The molecular weight excluding hydrogens is 307 g/mol. The van der Waals surface area contributed by atoms with Crippen LogP contribution in [0.5, 0.6) is 0 Å². The van der Waals surface area contributed by atoms with Crippen LogP contribution in [0.25, 0.3) is 0 Å². The van der Waals surface area contributed by atoms with Gasteiger partial charge in [-0.15, -0.1) is 0 Å². The van der Waals surface area contributed by atoms with Crippen molar-refractivity contribution in [2.24, 2.45) is 5.73 Å². The number of nitrogens with two attached hydrogens (primary N) is 1. The van der Waals surface area contributed by atoms with Crippen LogP contribution in [0.3, 0.4) is 0 Å². The van der Waals surface area contributed by atoms with E-state index in [0.717, 1.165) is 32.0 Å². The van der Waals surface area contributed by atoms with Gasteiger partial charge in [-0.05, 0) is 57.7 Å². The molecule has 1 fully saturated rings. The Morgan fingerprint density at radius 3 is 2.39 bits per heavy atom. The maximum Gasteiger partial charge on any atom is 0.416 e. The Labute approximate surface area is 134 Å². The van der Waals surface area contributed by atoms with Gasteiger partial charge in [-0.25, -0.2) is 0 Å². The monoisotopic (exact) mass is 329 g/mol. The molecule has 0 aliphatic carbocycles. The van der Waals surface area contributed by atoms with E-state index >= 15 is 0 Å². The predicted molar refractivity (Wildman–Crippen MR) is 81.9 cm³/mol. The number of nitrogens with zero attached hydrogens (tertiary/aromatic N) is 2. The van der Waals surface area contributed by atoms with E-state index in [4.69, 9.17) is 5.73 Å². The molecule has 1 aromatic rings. The summed E-state index contributed by atoms with van der Waals surface area (Å²) in [6.45, 7) is 1.75. The summed E-state index contributed by atoms with van der Waals surface area (Å²) < 4.78 is 39.7. The summed E-state index contributed by atoms with van der Waals surface area (Å²) in [5, 5.41) is 0. The molecule has 4 nitrogen and oxygen atoms in total. The molecule has 7 heteroatoms. The summed E-state index contributed by atoms with van der Waals surface area (Å²) in [6, 6.07) is 4.05. The van der Waals surface area contributed by atoms with Gasteiger partial charge in [-0.1, -0.05) is 6.07 Å². The second-order valence-electron chi connectivity index (χ2n) is 6.20. The van der Waals surface area contributed by atoms with E-state index in [1.54, 1.807) is 0 Å². The first-order chi connectivity index (χ1) is 10.7. The van der Waals surface area contributed by atoms with E-state index in [2.05, 4.69) is 4.90 Å². The molecule has 1 aliphatic rings. The number of hydrogen-bond donors (Lipinski definition) is 1. The first kappa shape index (κ1) is 17.7. The number of carbonyl (C=O) groups excluding carboxylic acids is 1. The summed E-state index contributed by atoms with van der Waals surface area (Å²) in [7, 11) is 4.04. The summed E-state index contributed by atoms with van der Waals surface area (Å²) in [4.78, 5) is 15.3. The molecule has 0 bridgehead atoms. The molecule has 2 N–H and O–H groups in total. The van der Waals surface area contributed by atoms with E-state index in [1.807, 2.05) is 19.0 Å². The zero-order valence-corrected chi connectivity index (χ0v) is 13.4. The Morgan fingerprint density at radius 1 is 1.30 bits per heavy atom. The molecule has 23 heavy (non-hydrogen) atoms. The molecule has 0 radical (unpaired) electrons. The van der Waals surface area contributed by atoms with E-state index < -0.39 is 17.6 Å². The third-order valence-corrected chi connectivity index (χ3v) is 4.38. The van der Waals surface area contributed by atoms with Gasteiger partial charge >= 0.3 is 6.18 Å². The number of hydrogen-bond acceptors (Lipinski definition) is 3. The molecule has 1 aliphatic heterocycles. The van der Waals surface area contributed by atoms with Crippen molar-refractivity contribution in [3.8, 4) is 0 Å². The predicted octanol–water partition coefficient (Wildman–Crippen LogP) is 2.33. The van der Waals surface area contributed by atoms with Crippen LogP contribution in [0.4, 0.5) is 13.2 Å². The van der Waals surface area contributed by atoms with Crippen molar-refractivity contribution in [1.29, 1.82) is 0 Å². The maximum atomic E-state index is 13.2. The second kappa shape index (κ2) is 6.88. The Morgan fingerprint density at radius 2 is 1.91 bits per heavy atom. The molecule has 1 amide bonds. The maximum absolute atomic E-state index is 13.2. The number of benzene rings is 1. The van der Waals surface area contributed by atoms with Gasteiger partial charge in [0.2, 0.25) is 5.91 Å². The fourth-order valence-corrected chi connectivity index (χ4v) is 2.97. The smallest absolute Gasteiger partial charge is 0.366 e. The molecule has 0 spiro atoms. The number of alkyl halides is 3. The minimum atomic E-state index is -4.50. The molecule has 2 rings (SSSR count). The van der Waals surface area contributed by atoms with Crippen LogP contribution in [0.15, 0.2) is 18.2 Å². The first-order valence-corrected chi connectivity index (χ1v) is 7.57. The lowest BCUT2D eigenvalue weighted by Crippen LogP contribution is -2.41. The Hall–Kier alpha value is -1.60. The van der Waals surface area contributed by atoms with E-state index in [1.165, 1.54) is 12.1 Å². The van der Waals surface area contributed by atoms with Crippen LogP contribution in [-0.4, -0.2) is 48.9 Å². The van der Waals surface area contributed by atoms with Gasteiger partial charge in [-0.2, -0.15) is 13.2 Å². The topological polar surface area (TPSA) is 49.6 Å². The fraction of sp³-hybridized carbons (Fsp3) is 0.562. The SMILES string of the molecule is CN(C)C1CCN(Cc2ccc(C(N)=O)cc2C(F)(F)F)CC1. The zero-order chi connectivity index (χ0) is 17.2. The van der Waals surface area contributed by atoms with E-state index in [9.17, 15) is 18.0 Å². The number of piperidine rings is 1. The summed E-state index contributed by atoms with van der Waals surface area (Å²) in [5.41, 5.74) is 4.38. The lowest BCUT2D eigenvalue weighted by atomic mass is 10.00. The molecule has 1 aromatic carbocycles. The van der Waals surface area contributed by atoms with Crippen molar-refractivity contribution < 1.29 is 18.0 Å². The van der Waals surface area contributed by atoms with Gasteiger partial charge in [0.1, 0.15) is 0 Å². The van der Waals surface area contributed by atoms with Crippen LogP contribution >= 0.6 is 0 Å². The highest BCUT2D eigenvalue weighted by molar-refractivity contribution is 5.93. The Bertz CT molecular complexity index is 564. The van der Waals surface area contributed by atoms with E-state index in [-0.39, 0.29) is 17.7 Å². The van der Waals surface area contributed by atoms with Gasteiger partial charge in [-0.3, -0.25) is 9.69 Å². The Kier molecular flexibility index (Phi) is 5.31. The van der Waals surface area contributed by atoms with Crippen molar-refractivity contribution >= 4 is 5.91 Å². The summed E-state index contributed by atoms with van der Waals surface area (Å²) in [6.07, 6.45) is -2.62. The molecule has 0 saturated carbocycles. The highest BCUT2D eigenvalue weighted by Crippen LogP contribution is 2.33. The van der Waals surface area contributed by atoms with Crippen LogP contribution < -0.4 is 5.73 Å². The Balaban J connectivity index is 2.15. The average Bonchev–Trinajstić information content (AvgIpc) is 2.46. The fourth-order valence-electron chi connectivity index (χ4n) is 2.97. The third-order valence-electron chi connectivity index (χ3n) is 4.38. The molecule has 1 heterocycles. The minimum Gasteiger partial charge on any atom is -0.366 e. The molecule has 1 saturated heterocycles.